The van der Waals surface area contributed by atoms with Crippen LogP contribution in [-0.2, 0) is 0 Å². The van der Waals surface area contributed by atoms with Gasteiger partial charge in [-0.25, -0.2) is 4.99 Å². The molecule has 0 aromatic rings. The topological polar surface area (TPSA) is 74.2 Å². The molecule has 0 saturated heterocycles. The van der Waals surface area contributed by atoms with Crippen molar-refractivity contribution in [2.24, 2.45) is 30.7 Å². The quantitative estimate of drug-likeness (QED) is 0.475. The second-order valence-electron chi connectivity index (χ2n) is 1.60. The summed E-state index contributed by atoms with van der Waals surface area (Å²) in [6, 6.07) is 0. The standard InChI is InChI=1S/C4H2N6/c1-3(8-10-6-1)4-5-2-7-9-4/h1-2H. The van der Waals surface area contributed by atoms with Crippen molar-refractivity contribution < 1.29 is 0 Å². The predicted molar refractivity (Wildman–Crippen MR) is 33.7 cm³/mol. The number of rotatable bonds is 0. The van der Waals surface area contributed by atoms with Gasteiger partial charge in [-0.3, -0.25) is 0 Å². The van der Waals surface area contributed by atoms with Crippen LogP contribution in [-0.4, -0.2) is 12.6 Å². The molecule has 0 aromatic carbocycles. The number of hydrogen-bond acceptors (Lipinski definition) is 6. The van der Waals surface area contributed by atoms with E-state index < -0.39 is 0 Å². The zero-order valence-corrected chi connectivity index (χ0v) is 4.84. The first-order valence-electron chi connectivity index (χ1n) is 2.58. The van der Waals surface area contributed by atoms with Crippen molar-refractivity contribution in [2.45, 2.75) is 0 Å². The molecule has 48 valence electrons. The van der Waals surface area contributed by atoms with Crippen molar-refractivity contribution in [3.8, 4) is 0 Å². The summed E-state index contributed by atoms with van der Waals surface area (Å²) in [5, 5.41) is 17.7. The number of aliphatic imine (C=N–C) groups is 1. The van der Waals surface area contributed by atoms with Gasteiger partial charge in [-0.15, -0.1) is 20.4 Å². The average molecular weight is 134 g/mol. The second-order valence-corrected chi connectivity index (χ2v) is 1.60. The summed E-state index contributed by atoms with van der Waals surface area (Å²) in [5.41, 5.74) is 0.553. The van der Waals surface area contributed by atoms with Gasteiger partial charge < -0.3 is 0 Å². The molecular weight excluding hydrogens is 132 g/mol. The summed E-state index contributed by atoms with van der Waals surface area (Å²) < 4.78 is 0. The minimum atomic E-state index is 0.463. The molecule has 0 aliphatic carbocycles. The maximum atomic E-state index is 3.79. The third-order valence-corrected chi connectivity index (χ3v) is 0.997. The van der Waals surface area contributed by atoms with Gasteiger partial charge in [-0.05, 0) is 5.22 Å². The van der Waals surface area contributed by atoms with Crippen LogP contribution in [0.2, 0.25) is 0 Å². The SMILES string of the molecule is C1=NN=NC1=C1N=CN=N1. The number of nitrogens with zero attached hydrogens (tertiary/aromatic N) is 6. The van der Waals surface area contributed by atoms with Crippen LogP contribution in [0.25, 0.3) is 0 Å². The lowest BCUT2D eigenvalue weighted by molar-refractivity contribution is 1.06. The van der Waals surface area contributed by atoms with E-state index in [1.54, 1.807) is 0 Å². The highest BCUT2D eigenvalue weighted by atomic mass is 15.4. The summed E-state index contributed by atoms with van der Waals surface area (Å²) in [5.74, 6) is 0.463. The highest BCUT2D eigenvalue weighted by molar-refractivity contribution is 5.80. The van der Waals surface area contributed by atoms with Gasteiger partial charge in [0.05, 0.1) is 6.21 Å². The smallest absolute Gasteiger partial charge is 0.205 e. The minimum Gasteiger partial charge on any atom is -0.211 e. The number of hydrogen-bond donors (Lipinski definition) is 0. The fraction of sp³-hybridized carbons (Fsp3) is 0. The van der Waals surface area contributed by atoms with Crippen molar-refractivity contribution in [3.63, 3.8) is 0 Å². The Morgan fingerprint density at radius 3 is 2.80 bits per heavy atom. The average Bonchev–Trinajstić information content (AvgIpc) is 2.59. The molecule has 0 spiro atoms. The Morgan fingerprint density at radius 1 is 1.20 bits per heavy atom. The van der Waals surface area contributed by atoms with E-state index in [1.165, 1.54) is 12.6 Å². The Kier molecular flexibility index (Phi) is 0.970. The van der Waals surface area contributed by atoms with E-state index in [0.29, 0.717) is 11.5 Å². The van der Waals surface area contributed by atoms with Crippen molar-refractivity contribution >= 4 is 12.6 Å². The molecule has 0 aromatic heterocycles. The van der Waals surface area contributed by atoms with Crippen LogP contribution in [0.5, 0.6) is 0 Å². The number of allylic oxidation sites excluding steroid dienone is 1. The van der Waals surface area contributed by atoms with E-state index in [1.807, 2.05) is 0 Å². The molecule has 2 aliphatic heterocycles. The molecule has 10 heavy (non-hydrogen) atoms. The normalized spacial score (nSPS) is 27.2. The molecule has 0 radical (unpaired) electrons. The zero-order chi connectivity index (χ0) is 6.81. The Morgan fingerprint density at radius 2 is 2.20 bits per heavy atom. The molecule has 2 rings (SSSR count). The van der Waals surface area contributed by atoms with Crippen LogP contribution in [0.4, 0.5) is 0 Å². The van der Waals surface area contributed by atoms with Crippen molar-refractivity contribution in [3.05, 3.63) is 11.5 Å². The Balaban J connectivity index is 2.46. The summed E-state index contributed by atoms with van der Waals surface area (Å²) in [4.78, 5) is 3.79. The lowest BCUT2D eigenvalue weighted by Gasteiger charge is -1.82. The van der Waals surface area contributed by atoms with Gasteiger partial charge in [0.25, 0.3) is 0 Å². The molecule has 6 nitrogen and oxygen atoms in total. The van der Waals surface area contributed by atoms with Gasteiger partial charge in [-0.2, -0.15) is 0 Å². The van der Waals surface area contributed by atoms with Crippen LogP contribution in [0, 0.1) is 0 Å². The Hall–Kier alpha value is -1.72. The lowest BCUT2D eigenvalue weighted by Crippen LogP contribution is -1.78. The fourth-order valence-corrected chi connectivity index (χ4v) is 0.587. The van der Waals surface area contributed by atoms with E-state index in [-0.39, 0.29) is 0 Å². The van der Waals surface area contributed by atoms with E-state index in [9.17, 15) is 0 Å². The van der Waals surface area contributed by atoms with Gasteiger partial charge in [0.2, 0.25) is 5.82 Å². The first kappa shape index (κ1) is 5.10. The molecular formula is C4H2N6. The lowest BCUT2D eigenvalue weighted by atomic mass is 10.5. The van der Waals surface area contributed by atoms with Crippen LogP contribution < -0.4 is 0 Å². The highest BCUT2D eigenvalue weighted by Gasteiger charge is 2.07. The maximum Gasteiger partial charge on any atom is 0.205 e. The summed E-state index contributed by atoms with van der Waals surface area (Å²) in [6.45, 7) is 0. The van der Waals surface area contributed by atoms with Crippen molar-refractivity contribution in [2.75, 3.05) is 0 Å². The monoisotopic (exact) mass is 134 g/mol. The first-order valence-corrected chi connectivity index (χ1v) is 2.58. The molecule has 0 N–H and O–H groups in total. The highest BCUT2D eigenvalue weighted by Crippen LogP contribution is 2.14. The van der Waals surface area contributed by atoms with E-state index in [4.69, 9.17) is 0 Å². The molecule has 0 bridgehead atoms. The van der Waals surface area contributed by atoms with Crippen molar-refractivity contribution in [1.29, 1.82) is 0 Å². The minimum absolute atomic E-state index is 0.463. The molecule has 6 heteroatoms. The van der Waals surface area contributed by atoms with Gasteiger partial charge in [0.1, 0.15) is 6.34 Å². The maximum absolute atomic E-state index is 3.79. The summed E-state index contributed by atoms with van der Waals surface area (Å²) in [6.07, 6.45) is 2.83. The van der Waals surface area contributed by atoms with Crippen LogP contribution in [0.3, 0.4) is 0 Å². The third kappa shape index (κ3) is 0.661. The fourth-order valence-electron chi connectivity index (χ4n) is 0.587. The molecule has 0 unspecified atom stereocenters. The zero-order valence-electron chi connectivity index (χ0n) is 4.84. The molecule has 2 heterocycles. The Bertz CT molecular complexity index is 235. The second kappa shape index (κ2) is 1.90. The van der Waals surface area contributed by atoms with Gasteiger partial charge in [-0.1, -0.05) is 0 Å². The molecule has 0 atom stereocenters. The summed E-state index contributed by atoms with van der Waals surface area (Å²) in [7, 11) is 0. The van der Waals surface area contributed by atoms with Crippen molar-refractivity contribution in [1.82, 2.24) is 0 Å². The molecule has 0 saturated carbocycles. The predicted octanol–water partition coefficient (Wildman–Crippen LogP) is 1.10. The van der Waals surface area contributed by atoms with Crippen LogP contribution in [0.1, 0.15) is 0 Å². The largest absolute Gasteiger partial charge is 0.211 e. The molecule has 0 fully saturated rings. The van der Waals surface area contributed by atoms with Crippen LogP contribution >= 0.6 is 0 Å². The molecule has 2 aliphatic rings. The van der Waals surface area contributed by atoms with Gasteiger partial charge in [0.15, 0.2) is 5.70 Å². The summed E-state index contributed by atoms with van der Waals surface area (Å²) >= 11 is 0. The van der Waals surface area contributed by atoms with E-state index >= 15 is 0 Å². The van der Waals surface area contributed by atoms with E-state index in [0.717, 1.165) is 0 Å². The molecule has 0 amide bonds. The van der Waals surface area contributed by atoms with Gasteiger partial charge in [0, 0.05) is 0 Å². The third-order valence-electron chi connectivity index (χ3n) is 0.997. The van der Waals surface area contributed by atoms with Crippen LogP contribution in [0.15, 0.2) is 42.2 Å². The first-order chi connectivity index (χ1) is 4.97. The Labute approximate surface area is 55.8 Å². The number of azo groups is 1. The van der Waals surface area contributed by atoms with E-state index in [2.05, 4.69) is 30.7 Å². The van der Waals surface area contributed by atoms with Gasteiger partial charge >= 0.3 is 0 Å².